The molecule has 72 valence electrons. The second-order valence-corrected chi connectivity index (χ2v) is 3.75. The molecule has 0 saturated carbocycles. The van der Waals surface area contributed by atoms with E-state index < -0.39 is 10.3 Å². The molecule has 0 spiro atoms. The van der Waals surface area contributed by atoms with Gasteiger partial charge in [0, 0.05) is 0 Å². The number of hydrogen-bond acceptors (Lipinski definition) is 3. The first-order valence-corrected chi connectivity index (χ1v) is 4.87. The van der Waals surface area contributed by atoms with Crippen molar-refractivity contribution in [3.05, 3.63) is 23.8 Å². The van der Waals surface area contributed by atoms with E-state index in [0.717, 1.165) is 5.56 Å². The first kappa shape index (κ1) is 9.82. The molecule has 0 saturated heterocycles. The summed E-state index contributed by atoms with van der Waals surface area (Å²) < 4.78 is 30.9. The third-order valence-electron chi connectivity index (χ3n) is 1.39. The highest BCUT2D eigenvalue weighted by atomic mass is 32.2. The molecule has 0 radical (unpaired) electrons. The molecule has 1 aromatic rings. The van der Waals surface area contributed by atoms with Gasteiger partial charge >= 0.3 is 10.3 Å². The lowest BCUT2D eigenvalue weighted by Crippen LogP contribution is -2.10. The molecule has 13 heavy (non-hydrogen) atoms. The molecule has 6 heteroatoms. The van der Waals surface area contributed by atoms with E-state index in [-0.39, 0.29) is 11.4 Å². The second-order valence-electron chi connectivity index (χ2n) is 2.60. The van der Waals surface area contributed by atoms with Crippen molar-refractivity contribution >= 4 is 16.0 Å². The Balaban J connectivity index is 3.04. The van der Waals surface area contributed by atoms with Crippen LogP contribution < -0.4 is 4.72 Å². The predicted octanol–water partition coefficient (Wildman–Crippen LogP) is 0.915. The molecular weight excluding hydrogens is 194 g/mol. The number of rotatable bonds is 2. The van der Waals surface area contributed by atoms with E-state index in [1.807, 2.05) is 0 Å². The topological polar surface area (TPSA) is 86.6 Å². The van der Waals surface area contributed by atoms with Gasteiger partial charge in [-0.1, -0.05) is 6.07 Å². The lowest BCUT2D eigenvalue weighted by atomic mass is 10.2. The Labute approximate surface area is 75.9 Å². The standard InChI is InChI=1S/C7H9NO4S/c1-5-2-3-6(7(9)4-5)8-13(10,11)12/h2-4,8-9H,1H3,(H,10,11,12). The van der Waals surface area contributed by atoms with Crippen LogP contribution in [-0.4, -0.2) is 18.1 Å². The van der Waals surface area contributed by atoms with Crippen LogP contribution in [0.1, 0.15) is 5.56 Å². The van der Waals surface area contributed by atoms with Gasteiger partial charge in [0.1, 0.15) is 5.75 Å². The number of phenols is 1. The largest absolute Gasteiger partial charge is 0.506 e. The molecule has 0 aliphatic carbocycles. The summed E-state index contributed by atoms with van der Waals surface area (Å²) in [4.78, 5) is 0. The quantitative estimate of drug-likeness (QED) is 0.492. The molecule has 0 fully saturated rings. The molecule has 0 unspecified atom stereocenters. The lowest BCUT2D eigenvalue weighted by molar-refractivity contribution is 0.473. The van der Waals surface area contributed by atoms with Crippen molar-refractivity contribution in [3.63, 3.8) is 0 Å². The molecule has 3 N–H and O–H groups in total. The molecule has 0 atom stereocenters. The Morgan fingerprint density at radius 2 is 2.00 bits per heavy atom. The van der Waals surface area contributed by atoms with Crippen molar-refractivity contribution in [1.29, 1.82) is 0 Å². The number of aromatic hydroxyl groups is 1. The maximum atomic E-state index is 10.4. The SMILES string of the molecule is Cc1ccc(NS(=O)(=O)O)c(O)c1. The van der Waals surface area contributed by atoms with E-state index in [1.165, 1.54) is 12.1 Å². The van der Waals surface area contributed by atoms with E-state index in [0.29, 0.717) is 0 Å². The summed E-state index contributed by atoms with van der Waals surface area (Å²) >= 11 is 0. The molecule has 0 heterocycles. The number of anilines is 1. The first-order chi connectivity index (χ1) is 5.88. The molecule has 1 aromatic carbocycles. The van der Waals surface area contributed by atoms with Gasteiger partial charge in [0.25, 0.3) is 0 Å². The van der Waals surface area contributed by atoms with Crippen LogP contribution in [0.3, 0.4) is 0 Å². The minimum absolute atomic E-state index is 0.0481. The van der Waals surface area contributed by atoms with Gasteiger partial charge < -0.3 is 5.11 Å². The van der Waals surface area contributed by atoms with E-state index in [1.54, 1.807) is 17.7 Å². The molecule has 0 aromatic heterocycles. The fourth-order valence-electron chi connectivity index (χ4n) is 0.867. The van der Waals surface area contributed by atoms with E-state index in [2.05, 4.69) is 0 Å². The summed E-state index contributed by atoms with van der Waals surface area (Å²) in [6, 6.07) is 4.35. The van der Waals surface area contributed by atoms with Crippen molar-refractivity contribution < 1.29 is 18.1 Å². The van der Waals surface area contributed by atoms with Crippen molar-refractivity contribution in [2.45, 2.75) is 6.92 Å². The van der Waals surface area contributed by atoms with Crippen molar-refractivity contribution in [2.75, 3.05) is 4.72 Å². The summed E-state index contributed by atoms with van der Waals surface area (Å²) in [6.45, 7) is 1.75. The van der Waals surface area contributed by atoms with Crippen molar-refractivity contribution in [2.24, 2.45) is 0 Å². The molecule has 0 aliphatic heterocycles. The number of hydrogen-bond donors (Lipinski definition) is 3. The number of nitrogens with one attached hydrogen (secondary N) is 1. The van der Waals surface area contributed by atoms with Crippen molar-refractivity contribution in [1.82, 2.24) is 0 Å². The normalized spacial score (nSPS) is 11.2. The highest BCUT2D eigenvalue weighted by Crippen LogP contribution is 2.24. The van der Waals surface area contributed by atoms with Gasteiger partial charge in [-0.05, 0) is 24.6 Å². The zero-order valence-corrected chi connectivity index (χ0v) is 7.67. The average molecular weight is 203 g/mol. The predicted molar refractivity (Wildman–Crippen MR) is 48.0 cm³/mol. The Kier molecular flexibility index (Phi) is 2.44. The number of benzene rings is 1. The van der Waals surface area contributed by atoms with Crippen LogP contribution in [0.15, 0.2) is 18.2 Å². The summed E-state index contributed by atoms with van der Waals surface area (Å²) in [7, 11) is -4.32. The van der Waals surface area contributed by atoms with Gasteiger partial charge in [-0.2, -0.15) is 8.42 Å². The molecular formula is C7H9NO4S. The number of aryl methyl sites for hydroxylation is 1. The van der Waals surface area contributed by atoms with Crippen LogP contribution >= 0.6 is 0 Å². The highest BCUT2D eigenvalue weighted by molar-refractivity contribution is 7.87. The Morgan fingerprint density at radius 3 is 2.46 bits per heavy atom. The zero-order chi connectivity index (χ0) is 10.1. The van der Waals surface area contributed by atoms with Crippen LogP contribution in [0.5, 0.6) is 5.75 Å². The fourth-order valence-corrected chi connectivity index (χ4v) is 1.32. The third kappa shape index (κ3) is 2.92. The maximum absolute atomic E-state index is 10.4. The summed E-state index contributed by atoms with van der Waals surface area (Å²) in [6.07, 6.45) is 0. The third-order valence-corrected chi connectivity index (χ3v) is 1.87. The summed E-state index contributed by atoms with van der Waals surface area (Å²) in [5.74, 6) is -0.224. The Hall–Kier alpha value is -1.27. The zero-order valence-electron chi connectivity index (χ0n) is 6.85. The van der Waals surface area contributed by atoms with Crippen LogP contribution in [-0.2, 0) is 10.3 Å². The van der Waals surface area contributed by atoms with Crippen LogP contribution in [0.25, 0.3) is 0 Å². The van der Waals surface area contributed by atoms with Gasteiger partial charge in [0.15, 0.2) is 0 Å². The molecule has 0 bridgehead atoms. The molecule has 1 rings (SSSR count). The van der Waals surface area contributed by atoms with E-state index in [9.17, 15) is 13.5 Å². The smallest absolute Gasteiger partial charge is 0.357 e. The second kappa shape index (κ2) is 3.23. The molecule has 0 aliphatic rings. The Bertz CT molecular complexity index is 413. The lowest BCUT2D eigenvalue weighted by Gasteiger charge is -2.05. The van der Waals surface area contributed by atoms with Gasteiger partial charge in [0.2, 0.25) is 0 Å². The van der Waals surface area contributed by atoms with E-state index >= 15 is 0 Å². The molecule has 5 nitrogen and oxygen atoms in total. The summed E-state index contributed by atoms with van der Waals surface area (Å²) in [5.41, 5.74) is 0.742. The Morgan fingerprint density at radius 1 is 1.38 bits per heavy atom. The molecule has 0 amide bonds. The van der Waals surface area contributed by atoms with Crippen LogP contribution in [0.4, 0.5) is 5.69 Å². The van der Waals surface area contributed by atoms with Gasteiger partial charge in [-0.25, -0.2) is 0 Å². The first-order valence-electron chi connectivity index (χ1n) is 3.43. The highest BCUT2D eigenvalue weighted by Gasteiger charge is 2.07. The van der Waals surface area contributed by atoms with Gasteiger partial charge in [-0.3, -0.25) is 9.27 Å². The van der Waals surface area contributed by atoms with Crippen LogP contribution in [0.2, 0.25) is 0 Å². The van der Waals surface area contributed by atoms with Crippen LogP contribution in [0, 0.1) is 6.92 Å². The van der Waals surface area contributed by atoms with Gasteiger partial charge in [-0.15, -0.1) is 0 Å². The summed E-state index contributed by atoms with van der Waals surface area (Å²) in [5, 5.41) is 9.22. The van der Waals surface area contributed by atoms with Crippen molar-refractivity contribution in [3.8, 4) is 5.75 Å². The minimum atomic E-state index is -4.32. The fraction of sp³-hybridized carbons (Fsp3) is 0.143. The van der Waals surface area contributed by atoms with E-state index in [4.69, 9.17) is 4.55 Å². The average Bonchev–Trinajstić information content (AvgIpc) is 1.93. The minimum Gasteiger partial charge on any atom is -0.506 e. The number of phenolic OH excluding ortho intramolecular Hbond substituents is 1. The maximum Gasteiger partial charge on any atom is 0.357 e. The van der Waals surface area contributed by atoms with Gasteiger partial charge in [0.05, 0.1) is 5.69 Å². The monoisotopic (exact) mass is 203 g/mol.